The highest BCUT2D eigenvalue weighted by molar-refractivity contribution is 6.35. The Morgan fingerprint density at radius 3 is 2.42 bits per heavy atom. The van der Waals surface area contributed by atoms with Crippen molar-refractivity contribution in [3.05, 3.63) is 61.9 Å². The van der Waals surface area contributed by atoms with Gasteiger partial charge in [-0.2, -0.15) is 10.2 Å². The number of anilines is 1. The zero-order valence-corrected chi connectivity index (χ0v) is 16.5. The normalized spacial score (nSPS) is 11.0. The van der Waals surface area contributed by atoms with Gasteiger partial charge in [-0.15, -0.1) is 0 Å². The van der Waals surface area contributed by atoms with Gasteiger partial charge in [0.1, 0.15) is 11.6 Å². The fourth-order valence-corrected chi connectivity index (χ4v) is 3.10. The summed E-state index contributed by atoms with van der Waals surface area (Å²) in [6, 6.07) is 5.21. The Balaban J connectivity index is 1.68. The minimum absolute atomic E-state index is 0.000237. The van der Waals surface area contributed by atoms with Crippen molar-refractivity contribution >= 4 is 58.1 Å². The van der Waals surface area contributed by atoms with E-state index < -0.39 is 0 Å². The van der Waals surface area contributed by atoms with Crippen LogP contribution in [-0.2, 0) is 17.9 Å². The van der Waals surface area contributed by atoms with Gasteiger partial charge in [-0.3, -0.25) is 14.2 Å². The Bertz CT molecular complexity index is 946. The monoisotopic (exact) mass is 431 g/mol. The van der Waals surface area contributed by atoms with E-state index in [1.54, 1.807) is 36.1 Å². The molecule has 0 saturated carbocycles. The van der Waals surface area contributed by atoms with E-state index in [4.69, 9.17) is 46.4 Å². The number of aromatic nitrogens is 4. The van der Waals surface area contributed by atoms with Gasteiger partial charge >= 0.3 is 0 Å². The molecule has 3 rings (SSSR count). The zero-order valence-electron chi connectivity index (χ0n) is 13.5. The highest BCUT2D eigenvalue weighted by Crippen LogP contribution is 2.24. The number of amides is 1. The van der Waals surface area contributed by atoms with Crippen LogP contribution in [0.4, 0.5) is 5.82 Å². The maximum atomic E-state index is 12.2. The topological polar surface area (TPSA) is 64.7 Å². The third kappa shape index (κ3) is 4.51. The lowest BCUT2D eigenvalue weighted by Crippen LogP contribution is -2.19. The van der Waals surface area contributed by atoms with E-state index >= 15 is 0 Å². The molecule has 0 bridgehead atoms. The summed E-state index contributed by atoms with van der Waals surface area (Å²) < 4.78 is 3.04. The Morgan fingerprint density at radius 1 is 1.04 bits per heavy atom. The molecule has 0 spiro atoms. The minimum Gasteiger partial charge on any atom is -0.306 e. The molecule has 1 aromatic carbocycles. The van der Waals surface area contributed by atoms with E-state index in [9.17, 15) is 4.79 Å². The number of carbonyl (C=O) groups excluding carboxylic acids is 1. The van der Waals surface area contributed by atoms with Gasteiger partial charge in [-0.05, 0) is 24.6 Å². The molecule has 6 nitrogen and oxygen atoms in total. The molecule has 0 aliphatic heterocycles. The van der Waals surface area contributed by atoms with Gasteiger partial charge in [0.25, 0.3) is 0 Å². The first-order valence-electron chi connectivity index (χ1n) is 7.48. The standard InChI is InChI=1S/C16H13Cl4N5O/c1-9-13(19)6-25(22-9)8-15(26)21-16-14(20)7-24(23-16)5-10-2-3-11(17)4-12(10)18/h2-4,6-7H,5,8H2,1H3,(H,21,23,26). The predicted octanol–water partition coefficient (Wildman–Crippen LogP) is 4.69. The van der Waals surface area contributed by atoms with Crippen LogP contribution in [0.15, 0.2) is 30.6 Å². The lowest BCUT2D eigenvalue weighted by molar-refractivity contribution is -0.116. The molecule has 0 radical (unpaired) electrons. The molecule has 2 heterocycles. The molecule has 3 aromatic rings. The fourth-order valence-electron chi connectivity index (χ4n) is 2.28. The maximum absolute atomic E-state index is 12.2. The van der Waals surface area contributed by atoms with Crippen LogP contribution in [0.5, 0.6) is 0 Å². The number of hydrogen-bond acceptors (Lipinski definition) is 3. The van der Waals surface area contributed by atoms with Crippen LogP contribution in [0, 0.1) is 6.92 Å². The van der Waals surface area contributed by atoms with Crippen LogP contribution in [-0.4, -0.2) is 25.5 Å². The van der Waals surface area contributed by atoms with Gasteiger partial charge in [0, 0.05) is 22.4 Å². The fraction of sp³-hybridized carbons (Fsp3) is 0.188. The molecule has 0 fully saturated rings. The molecule has 1 amide bonds. The quantitative estimate of drug-likeness (QED) is 0.635. The summed E-state index contributed by atoms with van der Waals surface area (Å²) in [6.07, 6.45) is 3.19. The van der Waals surface area contributed by atoms with Gasteiger partial charge in [0.2, 0.25) is 5.91 Å². The lowest BCUT2D eigenvalue weighted by atomic mass is 10.2. The largest absolute Gasteiger partial charge is 0.306 e. The molecule has 0 aliphatic rings. The summed E-state index contributed by atoms with van der Waals surface area (Å²) in [6.45, 7) is 2.15. The number of hydrogen-bond donors (Lipinski definition) is 1. The van der Waals surface area contributed by atoms with Gasteiger partial charge in [0.05, 0.1) is 17.3 Å². The summed E-state index contributed by atoms with van der Waals surface area (Å²) in [5, 5.41) is 13.0. The van der Waals surface area contributed by atoms with Crippen LogP contribution in [0.25, 0.3) is 0 Å². The Morgan fingerprint density at radius 2 is 1.77 bits per heavy atom. The van der Waals surface area contributed by atoms with Crippen molar-refractivity contribution in [2.24, 2.45) is 0 Å². The van der Waals surface area contributed by atoms with E-state index in [1.165, 1.54) is 4.68 Å². The van der Waals surface area contributed by atoms with Crippen molar-refractivity contribution in [1.29, 1.82) is 0 Å². The second-order valence-corrected chi connectivity index (χ2v) is 7.23. The highest BCUT2D eigenvalue weighted by atomic mass is 35.5. The first-order valence-corrected chi connectivity index (χ1v) is 8.99. The van der Waals surface area contributed by atoms with E-state index in [-0.39, 0.29) is 18.3 Å². The first-order chi connectivity index (χ1) is 12.3. The summed E-state index contributed by atoms with van der Waals surface area (Å²) >= 11 is 24.1. The molecule has 0 atom stereocenters. The number of carbonyl (C=O) groups is 1. The van der Waals surface area contributed by atoms with Crippen molar-refractivity contribution in [3.8, 4) is 0 Å². The van der Waals surface area contributed by atoms with Gasteiger partial charge in [0.15, 0.2) is 5.82 Å². The Hall–Kier alpha value is -1.73. The number of nitrogens with zero attached hydrogens (tertiary/aromatic N) is 4. The molecule has 10 heteroatoms. The summed E-state index contributed by atoms with van der Waals surface area (Å²) in [7, 11) is 0. The van der Waals surface area contributed by atoms with Crippen molar-refractivity contribution < 1.29 is 4.79 Å². The van der Waals surface area contributed by atoms with Crippen LogP contribution >= 0.6 is 46.4 Å². The van der Waals surface area contributed by atoms with E-state index in [1.807, 2.05) is 6.07 Å². The van der Waals surface area contributed by atoms with Crippen LogP contribution in [0.1, 0.15) is 11.3 Å². The molecule has 136 valence electrons. The second-order valence-electron chi connectivity index (χ2n) is 5.57. The van der Waals surface area contributed by atoms with E-state index in [2.05, 4.69) is 15.5 Å². The number of rotatable bonds is 5. The molecule has 0 saturated heterocycles. The van der Waals surface area contributed by atoms with Crippen LogP contribution in [0.2, 0.25) is 20.1 Å². The number of benzene rings is 1. The lowest BCUT2D eigenvalue weighted by Gasteiger charge is -2.05. The molecule has 2 aromatic heterocycles. The van der Waals surface area contributed by atoms with Crippen molar-refractivity contribution in [2.75, 3.05) is 5.32 Å². The summed E-state index contributed by atoms with van der Waals surface area (Å²) in [4.78, 5) is 12.2. The summed E-state index contributed by atoms with van der Waals surface area (Å²) in [5.41, 5.74) is 1.48. The highest BCUT2D eigenvalue weighted by Gasteiger charge is 2.13. The molecular formula is C16H13Cl4N5O. The van der Waals surface area contributed by atoms with Gasteiger partial charge < -0.3 is 5.32 Å². The second kappa shape index (κ2) is 7.88. The molecule has 26 heavy (non-hydrogen) atoms. The van der Waals surface area contributed by atoms with Crippen LogP contribution < -0.4 is 5.32 Å². The molecule has 0 unspecified atom stereocenters. The van der Waals surface area contributed by atoms with Crippen molar-refractivity contribution in [2.45, 2.75) is 20.0 Å². The number of aryl methyl sites for hydroxylation is 1. The van der Waals surface area contributed by atoms with Gasteiger partial charge in [-0.25, -0.2) is 0 Å². The smallest absolute Gasteiger partial charge is 0.247 e. The zero-order chi connectivity index (χ0) is 18.8. The SMILES string of the molecule is Cc1nn(CC(=O)Nc2nn(Cc3ccc(Cl)cc3Cl)cc2Cl)cc1Cl. The van der Waals surface area contributed by atoms with Crippen molar-refractivity contribution in [3.63, 3.8) is 0 Å². The number of nitrogens with one attached hydrogen (secondary N) is 1. The maximum Gasteiger partial charge on any atom is 0.247 e. The third-order valence-corrected chi connectivity index (χ3v) is 4.75. The van der Waals surface area contributed by atoms with Crippen LogP contribution in [0.3, 0.4) is 0 Å². The van der Waals surface area contributed by atoms with Crippen molar-refractivity contribution in [1.82, 2.24) is 19.6 Å². The Kier molecular flexibility index (Phi) is 5.77. The number of halogens is 4. The Labute approximate surface area is 169 Å². The molecule has 0 aliphatic carbocycles. The predicted molar refractivity (Wildman–Crippen MR) is 103 cm³/mol. The average Bonchev–Trinajstić information content (AvgIpc) is 3.04. The van der Waals surface area contributed by atoms with E-state index in [0.29, 0.717) is 32.3 Å². The summed E-state index contributed by atoms with van der Waals surface area (Å²) in [5.74, 6) is -0.0578. The first kappa shape index (κ1) is 19.0. The van der Waals surface area contributed by atoms with Gasteiger partial charge in [-0.1, -0.05) is 52.5 Å². The molecular weight excluding hydrogens is 420 g/mol. The third-order valence-electron chi connectivity index (χ3n) is 3.51. The minimum atomic E-state index is -0.319. The molecule has 1 N–H and O–H groups in total. The van der Waals surface area contributed by atoms with E-state index in [0.717, 1.165) is 5.56 Å². The average molecular weight is 433 g/mol.